The van der Waals surface area contributed by atoms with Crippen LogP contribution in [0.1, 0.15) is 25.0 Å². The number of nitrogens with zero attached hydrogens (tertiary/aromatic N) is 4. The molecule has 1 fully saturated rings. The van der Waals surface area contributed by atoms with Crippen LogP contribution in [-0.4, -0.2) is 37.8 Å². The number of likely N-dealkylation sites (tertiary alicyclic amines) is 1. The van der Waals surface area contributed by atoms with Gasteiger partial charge in [0, 0.05) is 25.0 Å². The van der Waals surface area contributed by atoms with Gasteiger partial charge in [-0.25, -0.2) is 0 Å². The number of halogens is 1. The Morgan fingerprint density at radius 3 is 3.07 bits per heavy atom. The van der Waals surface area contributed by atoms with E-state index in [-0.39, 0.29) is 0 Å². The number of piperidine rings is 1. The Balaban J connectivity index is 1.97. The molecule has 1 aliphatic rings. The van der Waals surface area contributed by atoms with E-state index in [4.69, 9.17) is 0 Å². The SMILES string of the molecule is Cn1ncc(CN2CCCCC2CBr)n1. The fraction of sp³-hybridized carbons (Fsp3) is 0.800. The van der Waals surface area contributed by atoms with Crippen LogP contribution in [0.15, 0.2) is 6.20 Å². The van der Waals surface area contributed by atoms with Crippen LogP contribution in [0.25, 0.3) is 0 Å². The van der Waals surface area contributed by atoms with E-state index < -0.39 is 0 Å². The van der Waals surface area contributed by atoms with Gasteiger partial charge in [-0.1, -0.05) is 22.4 Å². The minimum Gasteiger partial charge on any atom is -0.294 e. The Hall–Kier alpha value is -0.420. The van der Waals surface area contributed by atoms with Crippen molar-refractivity contribution in [2.75, 3.05) is 11.9 Å². The van der Waals surface area contributed by atoms with Crippen molar-refractivity contribution in [2.24, 2.45) is 7.05 Å². The summed E-state index contributed by atoms with van der Waals surface area (Å²) in [5.74, 6) is 0. The highest BCUT2D eigenvalue weighted by Gasteiger charge is 2.21. The Bertz CT molecular complexity index is 312. The lowest BCUT2D eigenvalue weighted by Gasteiger charge is -2.33. The predicted octanol–water partition coefficient (Wildman–Crippen LogP) is 1.56. The van der Waals surface area contributed by atoms with Gasteiger partial charge in [0.05, 0.1) is 11.9 Å². The molecule has 1 aromatic rings. The largest absolute Gasteiger partial charge is 0.294 e. The minimum atomic E-state index is 0.667. The summed E-state index contributed by atoms with van der Waals surface area (Å²) in [5, 5.41) is 9.49. The molecule has 0 amide bonds. The Kier molecular flexibility index (Phi) is 3.75. The van der Waals surface area contributed by atoms with Crippen LogP contribution >= 0.6 is 15.9 Å². The van der Waals surface area contributed by atoms with Gasteiger partial charge in [-0.2, -0.15) is 15.0 Å². The van der Waals surface area contributed by atoms with Gasteiger partial charge in [0.25, 0.3) is 0 Å². The van der Waals surface area contributed by atoms with Crippen molar-refractivity contribution in [1.82, 2.24) is 19.9 Å². The fourth-order valence-corrected chi connectivity index (χ4v) is 2.84. The third-order valence-electron chi connectivity index (χ3n) is 2.94. The first-order chi connectivity index (χ1) is 7.29. The zero-order chi connectivity index (χ0) is 10.7. The molecule has 1 unspecified atom stereocenters. The second-order valence-electron chi connectivity index (χ2n) is 4.10. The third kappa shape index (κ3) is 2.78. The maximum Gasteiger partial charge on any atom is 0.0967 e. The molecule has 1 atom stereocenters. The van der Waals surface area contributed by atoms with Crippen LogP contribution in [0.2, 0.25) is 0 Å². The normalized spacial score (nSPS) is 23.2. The molecule has 0 spiro atoms. The van der Waals surface area contributed by atoms with Gasteiger partial charge in [-0.05, 0) is 19.4 Å². The summed E-state index contributed by atoms with van der Waals surface area (Å²) in [6.07, 6.45) is 5.82. The van der Waals surface area contributed by atoms with Gasteiger partial charge in [0.1, 0.15) is 0 Å². The first-order valence-corrected chi connectivity index (χ1v) is 6.57. The lowest BCUT2D eigenvalue weighted by molar-refractivity contribution is 0.154. The topological polar surface area (TPSA) is 34.0 Å². The molecule has 5 heteroatoms. The quantitative estimate of drug-likeness (QED) is 0.784. The summed E-state index contributed by atoms with van der Waals surface area (Å²) in [6, 6.07) is 0.667. The lowest BCUT2D eigenvalue weighted by Crippen LogP contribution is -2.40. The van der Waals surface area contributed by atoms with Gasteiger partial charge in [0.2, 0.25) is 0 Å². The molecule has 0 N–H and O–H groups in total. The highest BCUT2D eigenvalue weighted by molar-refractivity contribution is 9.09. The molecule has 15 heavy (non-hydrogen) atoms. The summed E-state index contributed by atoms with van der Waals surface area (Å²) in [7, 11) is 1.86. The minimum absolute atomic E-state index is 0.667. The van der Waals surface area contributed by atoms with Crippen molar-refractivity contribution >= 4 is 15.9 Å². The van der Waals surface area contributed by atoms with Crippen molar-refractivity contribution in [3.8, 4) is 0 Å². The van der Waals surface area contributed by atoms with Gasteiger partial charge in [0.15, 0.2) is 0 Å². The van der Waals surface area contributed by atoms with Gasteiger partial charge >= 0.3 is 0 Å². The smallest absolute Gasteiger partial charge is 0.0967 e. The second-order valence-corrected chi connectivity index (χ2v) is 4.75. The van der Waals surface area contributed by atoms with E-state index in [1.54, 1.807) is 4.80 Å². The first kappa shape index (κ1) is 11.1. The molecule has 2 heterocycles. The average molecular weight is 273 g/mol. The molecule has 0 bridgehead atoms. The maximum atomic E-state index is 4.32. The first-order valence-electron chi connectivity index (χ1n) is 5.45. The van der Waals surface area contributed by atoms with E-state index in [1.807, 2.05) is 13.2 Å². The Labute approximate surface area is 98.8 Å². The summed E-state index contributed by atoms with van der Waals surface area (Å²) in [4.78, 5) is 4.13. The van der Waals surface area contributed by atoms with E-state index in [1.165, 1.54) is 25.8 Å². The number of aryl methyl sites for hydroxylation is 1. The summed E-state index contributed by atoms with van der Waals surface area (Å²) >= 11 is 3.59. The van der Waals surface area contributed by atoms with E-state index in [0.717, 1.165) is 17.6 Å². The van der Waals surface area contributed by atoms with E-state index >= 15 is 0 Å². The number of aromatic nitrogens is 3. The van der Waals surface area contributed by atoms with Crippen molar-refractivity contribution in [3.05, 3.63) is 11.9 Å². The molecular weight excluding hydrogens is 256 g/mol. The summed E-state index contributed by atoms with van der Waals surface area (Å²) in [6.45, 7) is 2.12. The zero-order valence-electron chi connectivity index (χ0n) is 9.06. The number of hydrogen-bond donors (Lipinski definition) is 0. The van der Waals surface area contributed by atoms with Crippen molar-refractivity contribution < 1.29 is 0 Å². The number of hydrogen-bond acceptors (Lipinski definition) is 3. The maximum absolute atomic E-state index is 4.32. The van der Waals surface area contributed by atoms with Crippen LogP contribution in [-0.2, 0) is 13.6 Å². The van der Waals surface area contributed by atoms with Gasteiger partial charge < -0.3 is 0 Å². The molecule has 0 aliphatic carbocycles. The van der Waals surface area contributed by atoms with Crippen LogP contribution in [0, 0.1) is 0 Å². The van der Waals surface area contributed by atoms with E-state index in [2.05, 4.69) is 31.0 Å². The Morgan fingerprint density at radius 2 is 2.40 bits per heavy atom. The van der Waals surface area contributed by atoms with Gasteiger partial charge in [-0.15, -0.1) is 0 Å². The Morgan fingerprint density at radius 1 is 1.53 bits per heavy atom. The predicted molar refractivity (Wildman–Crippen MR) is 62.8 cm³/mol. The molecule has 0 radical (unpaired) electrons. The molecule has 1 saturated heterocycles. The molecule has 1 aliphatic heterocycles. The van der Waals surface area contributed by atoms with E-state index in [0.29, 0.717) is 6.04 Å². The van der Waals surface area contributed by atoms with Crippen molar-refractivity contribution in [3.63, 3.8) is 0 Å². The summed E-state index contributed by atoms with van der Waals surface area (Å²) in [5.41, 5.74) is 1.07. The van der Waals surface area contributed by atoms with E-state index in [9.17, 15) is 0 Å². The molecular formula is C10H17BrN4. The molecule has 1 aromatic heterocycles. The highest BCUT2D eigenvalue weighted by atomic mass is 79.9. The molecule has 2 rings (SSSR count). The van der Waals surface area contributed by atoms with Crippen LogP contribution in [0.3, 0.4) is 0 Å². The van der Waals surface area contributed by atoms with Crippen LogP contribution in [0.5, 0.6) is 0 Å². The van der Waals surface area contributed by atoms with Crippen LogP contribution in [0.4, 0.5) is 0 Å². The average Bonchev–Trinajstić information content (AvgIpc) is 2.65. The third-order valence-corrected chi connectivity index (χ3v) is 3.69. The second kappa shape index (κ2) is 5.07. The fourth-order valence-electron chi connectivity index (χ4n) is 2.11. The molecule has 0 saturated carbocycles. The standard InChI is InChI=1S/C10H17BrN4/c1-14-12-7-9(13-14)8-15-5-3-2-4-10(15)6-11/h7,10H,2-6,8H2,1H3. The zero-order valence-corrected chi connectivity index (χ0v) is 10.7. The molecule has 0 aromatic carbocycles. The number of rotatable bonds is 3. The molecule has 84 valence electrons. The number of alkyl halides is 1. The van der Waals surface area contributed by atoms with Crippen molar-refractivity contribution in [1.29, 1.82) is 0 Å². The van der Waals surface area contributed by atoms with Crippen molar-refractivity contribution in [2.45, 2.75) is 31.8 Å². The monoisotopic (exact) mass is 272 g/mol. The highest BCUT2D eigenvalue weighted by Crippen LogP contribution is 2.20. The summed E-state index contributed by atoms with van der Waals surface area (Å²) < 4.78 is 0. The van der Waals surface area contributed by atoms with Crippen LogP contribution < -0.4 is 0 Å². The molecule has 4 nitrogen and oxygen atoms in total. The van der Waals surface area contributed by atoms with Gasteiger partial charge in [-0.3, -0.25) is 4.90 Å². The lowest BCUT2D eigenvalue weighted by atomic mass is 10.0.